The molecule has 0 unspecified atom stereocenters. The van der Waals surface area contributed by atoms with E-state index in [-0.39, 0.29) is 11.4 Å². The predicted molar refractivity (Wildman–Crippen MR) is 91.4 cm³/mol. The van der Waals surface area contributed by atoms with E-state index in [1.165, 1.54) is 6.20 Å². The van der Waals surface area contributed by atoms with Crippen molar-refractivity contribution in [3.8, 4) is 0 Å². The van der Waals surface area contributed by atoms with Gasteiger partial charge in [-0.3, -0.25) is 4.98 Å². The van der Waals surface area contributed by atoms with Crippen LogP contribution in [-0.2, 0) is 10.0 Å². The molecule has 7 nitrogen and oxygen atoms in total. The third-order valence-corrected chi connectivity index (χ3v) is 5.17. The number of amides is 1. The molecule has 130 valence electrons. The number of carbonyl (C=O) groups is 1. The average Bonchev–Trinajstić information content (AvgIpc) is 2.50. The molecule has 1 heterocycles. The van der Waals surface area contributed by atoms with E-state index in [1.54, 1.807) is 38.2 Å². The van der Waals surface area contributed by atoms with E-state index in [1.807, 2.05) is 6.07 Å². The highest BCUT2D eigenvalue weighted by Gasteiger charge is 2.21. The summed E-state index contributed by atoms with van der Waals surface area (Å²) in [6, 6.07) is 6.82. The normalized spacial score (nSPS) is 12.2. The minimum atomic E-state index is -3.65. The number of benzene rings is 1. The van der Waals surface area contributed by atoms with Gasteiger partial charge in [-0.25, -0.2) is 17.9 Å². The minimum Gasteiger partial charge on any atom is -0.465 e. The highest BCUT2D eigenvalue weighted by molar-refractivity contribution is 7.89. The first kappa shape index (κ1) is 18.2. The zero-order valence-electron chi connectivity index (χ0n) is 13.6. The molecule has 0 atom stereocenters. The molecular weight excluding hydrogens is 330 g/mol. The fourth-order valence-electron chi connectivity index (χ4n) is 2.49. The fraction of sp³-hybridized carbons (Fsp3) is 0.375. The molecule has 2 rings (SSSR count). The van der Waals surface area contributed by atoms with Crippen LogP contribution in [0.25, 0.3) is 10.8 Å². The molecule has 1 aromatic heterocycles. The van der Waals surface area contributed by atoms with Gasteiger partial charge in [-0.15, -0.1) is 0 Å². The summed E-state index contributed by atoms with van der Waals surface area (Å²) in [5, 5.41) is 12.5. The Balaban J connectivity index is 2.03. The Labute approximate surface area is 141 Å². The molecule has 1 aromatic carbocycles. The molecule has 0 spiro atoms. The van der Waals surface area contributed by atoms with Crippen molar-refractivity contribution in [2.45, 2.75) is 37.1 Å². The summed E-state index contributed by atoms with van der Waals surface area (Å²) >= 11 is 0. The number of sulfonamides is 1. The van der Waals surface area contributed by atoms with Gasteiger partial charge in [0, 0.05) is 29.9 Å². The van der Waals surface area contributed by atoms with Gasteiger partial charge in [0.25, 0.3) is 0 Å². The van der Waals surface area contributed by atoms with Gasteiger partial charge in [-0.1, -0.05) is 12.1 Å². The number of aromatic nitrogens is 1. The van der Waals surface area contributed by atoms with Crippen LogP contribution in [0.4, 0.5) is 4.79 Å². The summed E-state index contributed by atoms with van der Waals surface area (Å²) in [4.78, 5) is 14.9. The Bertz CT molecular complexity index is 829. The smallest absolute Gasteiger partial charge is 0.405 e. The summed E-state index contributed by atoms with van der Waals surface area (Å²) in [7, 11) is -3.65. The van der Waals surface area contributed by atoms with Gasteiger partial charge in [0.2, 0.25) is 10.0 Å². The third-order valence-electron chi connectivity index (χ3n) is 3.65. The summed E-state index contributed by atoms with van der Waals surface area (Å²) in [6.07, 6.45) is 3.07. The van der Waals surface area contributed by atoms with E-state index in [0.29, 0.717) is 18.2 Å². The molecule has 0 fully saturated rings. The first-order valence-electron chi connectivity index (χ1n) is 7.55. The predicted octanol–water partition coefficient (Wildman–Crippen LogP) is 2.34. The van der Waals surface area contributed by atoms with Crippen LogP contribution in [0.1, 0.15) is 26.7 Å². The molecule has 1 amide bonds. The highest BCUT2D eigenvalue weighted by atomic mass is 32.2. The van der Waals surface area contributed by atoms with Gasteiger partial charge in [-0.05, 0) is 44.2 Å². The number of pyridine rings is 1. The molecule has 0 aliphatic carbocycles. The van der Waals surface area contributed by atoms with Crippen molar-refractivity contribution in [2.75, 3.05) is 6.54 Å². The summed E-state index contributed by atoms with van der Waals surface area (Å²) in [6.45, 7) is 3.74. The fourth-order valence-corrected chi connectivity index (χ4v) is 3.77. The molecule has 0 aliphatic heterocycles. The number of nitrogens with one attached hydrogen (secondary N) is 2. The Morgan fingerprint density at radius 2 is 2.04 bits per heavy atom. The zero-order valence-corrected chi connectivity index (χ0v) is 14.4. The molecule has 8 heteroatoms. The van der Waals surface area contributed by atoms with Gasteiger partial charge in [0.15, 0.2) is 0 Å². The Hall–Kier alpha value is -2.19. The molecule has 24 heavy (non-hydrogen) atoms. The lowest BCUT2D eigenvalue weighted by Gasteiger charge is -2.24. The van der Waals surface area contributed by atoms with Crippen molar-refractivity contribution in [3.63, 3.8) is 0 Å². The highest BCUT2D eigenvalue weighted by Crippen LogP contribution is 2.21. The van der Waals surface area contributed by atoms with Crippen LogP contribution in [0.5, 0.6) is 0 Å². The quantitative estimate of drug-likeness (QED) is 0.664. The Morgan fingerprint density at radius 3 is 2.75 bits per heavy atom. The van der Waals surface area contributed by atoms with Crippen molar-refractivity contribution in [2.24, 2.45) is 0 Å². The van der Waals surface area contributed by atoms with E-state index in [2.05, 4.69) is 15.0 Å². The lowest BCUT2D eigenvalue weighted by atomic mass is 9.99. The van der Waals surface area contributed by atoms with E-state index >= 15 is 0 Å². The number of carboxylic acid groups (broad SMARTS) is 1. The first-order valence-corrected chi connectivity index (χ1v) is 9.03. The van der Waals surface area contributed by atoms with Crippen LogP contribution >= 0.6 is 0 Å². The second kappa shape index (κ2) is 7.14. The Morgan fingerprint density at radius 1 is 1.29 bits per heavy atom. The number of rotatable bonds is 7. The maximum Gasteiger partial charge on any atom is 0.405 e. The molecule has 0 bridgehead atoms. The van der Waals surface area contributed by atoms with Crippen molar-refractivity contribution in [1.82, 2.24) is 15.0 Å². The lowest BCUT2D eigenvalue weighted by molar-refractivity contribution is 0.180. The van der Waals surface area contributed by atoms with Crippen LogP contribution < -0.4 is 10.0 Å². The zero-order chi connectivity index (χ0) is 17.8. The van der Waals surface area contributed by atoms with Crippen molar-refractivity contribution < 1.29 is 18.3 Å². The topological polar surface area (TPSA) is 108 Å². The lowest BCUT2D eigenvalue weighted by Crippen LogP contribution is -2.43. The maximum atomic E-state index is 12.5. The molecule has 0 radical (unpaired) electrons. The van der Waals surface area contributed by atoms with Crippen molar-refractivity contribution in [1.29, 1.82) is 0 Å². The molecule has 3 N–H and O–H groups in total. The van der Waals surface area contributed by atoms with E-state index in [0.717, 1.165) is 5.39 Å². The number of fused-ring (bicyclic) bond motifs is 1. The van der Waals surface area contributed by atoms with Crippen molar-refractivity contribution in [3.05, 3.63) is 36.7 Å². The number of hydrogen-bond acceptors (Lipinski definition) is 4. The van der Waals surface area contributed by atoms with Crippen LogP contribution in [0, 0.1) is 0 Å². The third kappa shape index (κ3) is 4.65. The average molecular weight is 351 g/mol. The van der Waals surface area contributed by atoms with Gasteiger partial charge in [0.05, 0.1) is 4.90 Å². The molecule has 0 saturated carbocycles. The van der Waals surface area contributed by atoms with Crippen molar-refractivity contribution >= 4 is 26.9 Å². The number of nitrogens with zero attached hydrogens (tertiary/aromatic N) is 1. The van der Waals surface area contributed by atoms with Crippen LogP contribution in [-0.4, -0.2) is 36.7 Å². The molecule has 0 saturated heterocycles. The molecule has 2 aromatic rings. The van der Waals surface area contributed by atoms with Gasteiger partial charge >= 0.3 is 6.09 Å². The number of hydrogen-bond donors (Lipinski definition) is 3. The first-order chi connectivity index (χ1) is 11.2. The largest absolute Gasteiger partial charge is 0.465 e. The van der Waals surface area contributed by atoms with E-state index < -0.39 is 21.7 Å². The second-order valence-electron chi connectivity index (χ2n) is 6.17. The van der Waals surface area contributed by atoms with E-state index in [9.17, 15) is 13.2 Å². The monoisotopic (exact) mass is 351 g/mol. The van der Waals surface area contributed by atoms with E-state index in [4.69, 9.17) is 5.11 Å². The minimum absolute atomic E-state index is 0.191. The second-order valence-corrected chi connectivity index (χ2v) is 7.90. The van der Waals surface area contributed by atoms with Gasteiger partial charge in [-0.2, -0.15) is 0 Å². The van der Waals surface area contributed by atoms with Gasteiger partial charge < -0.3 is 10.4 Å². The SMILES string of the molecule is CC(C)(CCCNS(=O)(=O)c1cccc2ccncc12)NC(=O)O. The van der Waals surface area contributed by atoms with Crippen LogP contribution in [0.3, 0.4) is 0 Å². The van der Waals surface area contributed by atoms with Gasteiger partial charge in [0.1, 0.15) is 0 Å². The summed E-state index contributed by atoms with van der Waals surface area (Å²) in [5.41, 5.74) is -0.610. The maximum absolute atomic E-state index is 12.5. The summed E-state index contributed by atoms with van der Waals surface area (Å²) in [5.74, 6) is 0. The molecule has 0 aliphatic rings. The van der Waals surface area contributed by atoms with Crippen LogP contribution in [0.15, 0.2) is 41.6 Å². The van der Waals surface area contributed by atoms with Crippen LogP contribution in [0.2, 0.25) is 0 Å². The Kier molecular flexibility index (Phi) is 5.40. The summed E-state index contributed by atoms with van der Waals surface area (Å²) < 4.78 is 27.6. The standard InChI is InChI=1S/C16H21N3O4S/c1-16(2,19-15(20)21)8-4-9-18-24(22,23)14-6-3-5-12-7-10-17-11-13(12)14/h3,5-7,10-11,18-19H,4,8-9H2,1-2H3,(H,20,21). The molecular formula is C16H21N3O4S.